The summed E-state index contributed by atoms with van der Waals surface area (Å²) in [6.45, 7) is 4.54. The Balaban J connectivity index is 1.89. The largest absolute Gasteiger partial charge is 0.383 e. The Morgan fingerprint density at radius 1 is 1.33 bits per heavy atom. The van der Waals surface area contributed by atoms with Crippen molar-refractivity contribution < 1.29 is 14.3 Å². The standard InChI is InChI=1S/C15H23N3O3/c1-20-9-6-16-15(19)12-17-13-4-2-3-5-14(13)18-7-10-21-11-8-18/h2-5,17H,6-12H2,1H3,(H,16,19). The number of hydrogen-bond donors (Lipinski definition) is 2. The lowest BCUT2D eigenvalue weighted by Gasteiger charge is -2.30. The van der Waals surface area contributed by atoms with E-state index in [4.69, 9.17) is 9.47 Å². The van der Waals surface area contributed by atoms with Crippen molar-refractivity contribution in [1.29, 1.82) is 0 Å². The molecule has 1 aromatic carbocycles. The van der Waals surface area contributed by atoms with Gasteiger partial charge in [0.25, 0.3) is 0 Å². The number of hydrogen-bond acceptors (Lipinski definition) is 5. The fraction of sp³-hybridized carbons (Fsp3) is 0.533. The molecule has 0 radical (unpaired) electrons. The number of carbonyl (C=O) groups excluding carboxylic acids is 1. The Kier molecular flexibility index (Phi) is 6.30. The molecular weight excluding hydrogens is 270 g/mol. The fourth-order valence-electron chi connectivity index (χ4n) is 2.23. The van der Waals surface area contributed by atoms with Gasteiger partial charge in [-0.3, -0.25) is 4.79 Å². The van der Waals surface area contributed by atoms with E-state index < -0.39 is 0 Å². The van der Waals surface area contributed by atoms with Gasteiger partial charge >= 0.3 is 0 Å². The zero-order valence-corrected chi connectivity index (χ0v) is 12.4. The maximum atomic E-state index is 11.7. The van der Waals surface area contributed by atoms with E-state index >= 15 is 0 Å². The first-order chi connectivity index (χ1) is 10.3. The van der Waals surface area contributed by atoms with Gasteiger partial charge in [-0.15, -0.1) is 0 Å². The number of morpholine rings is 1. The van der Waals surface area contributed by atoms with Crippen molar-refractivity contribution in [2.75, 3.05) is 63.3 Å². The molecule has 1 fully saturated rings. The molecule has 6 heteroatoms. The van der Waals surface area contributed by atoms with Gasteiger partial charge in [-0.25, -0.2) is 0 Å². The highest BCUT2D eigenvalue weighted by Gasteiger charge is 2.14. The van der Waals surface area contributed by atoms with E-state index in [1.807, 2.05) is 18.2 Å². The molecule has 0 bridgehead atoms. The van der Waals surface area contributed by atoms with E-state index in [0.717, 1.165) is 37.7 Å². The molecule has 2 rings (SSSR count). The van der Waals surface area contributed by atoms with Gasteiger partial charge in [0.1, 0.15) is 0 Å². The van der Waals surface area contributed by atoms with Gasteiger partial charge in [-0.1, -0.05) is 12.1 Å². The predicted molar refractivity (Wildman–Crippen MR) is 82.8 cm³/mol. The third-order valence-corrected chi connectivity index (χ3v) is 3.32. The van der Waals surface area contributed by atoms with Gasteiger partial charge < -0.3 is 25.0 Å². The molecule has 1 aliphatic rings. The van der Waals surface area contributed by atoms with Gasteiger partial charge in [0.05, 0.1) is 37.7 Å². The number of carbonyl (C=O) groups is 1. The fourth-order valence-corrected chi connectivity index (χ4v) is 2.23. The van der Waals surface area contributed by atoms with Crippen LogP contribution in [0.15, 0.2) is 24.3 Å². The van der Waals surface area contributed by atoms with Crippen molar-refractivity contribution in [3.63, 3.8) is 0 Å². The SMILES string of the molecule is COCCNC(=O)CNc1ccccc1N1CCOCC1. The van der Waals surface area contributed by atoms with Crippen LogP contribution >= 0.6 is 0 Å². The predicted octanol–water partition coefficient (Wildman–Crippen LogP) is 0.698. The minimum Gasteiger partial charge on any atom is -0.383 e. The van der Waals surface area contributed by atoms with Crippen LogP contribution in [0.2, 0.25) is 0 Å². The summed E-state index contributed by atoms with van der Waals surface area (Å²) >= 11 is 0. The van der Waals surface area contributed by atoms with Crippen molar-refractivity contribution in [3.05, 3.63) is 24.3 Å². The first-order valence-corrected chi connectivity index (χ1v) is 7.22. The van der Waals surface area contributed by atoms with Crippen molar-refractivity contribution in [2.24, 2.45) is 0 Å². The van der Waals surface area contributed by atoms with E-state index in [-0.39, 0.29) is 12.5 Å². The average molecular weight is 293 g/mol. The van der Waals surface area contributed by atoms with Crippen LogP contribution in [0.4, 0.5) is 11.4 Å². The van der Waals surface area contributed by atoms with E-state index in [2.05, 4.69) is 21.6 Å². The quantitative estimate of drug-likeness (QED) is 0.725. The first kappa shape index (κ1) is 15.6. The summed E-state index contributed by atoms with van der Waals surface area (Å²) in [5.41, 5.74) is 2.09. The molecular formula is C15H23N3O3. The summed E-state index contributed by atoms with van der Waals surface area (Å²) < 4.78 is 10.3. The van der Waals surface area contributed by atoms with Gasteiger partial charge in [0, 0.05) is 26.7 Å². The second kappa shape index (κ2) is 8.49. The van der Waals surface area contributed by atoms with E-state index in [0.29, 0.717) is 13.2 Å². The van der Waals surface area contributed by atoms with E-state index in [1.54, 1.807) is 7.11 Å². The topological polar surface area (TPSA) is 62.8 Å². The zero-order valence-electron chi connectivity index (χ0n) is 12.4. The van der Waals surface area contributed by atoms with Crippen molar-refractivity contribution in [2.45, 2.75) is 0 Å². The number of nitrogens with one attached hydrogen (secondary N) is 2. The van der Waals surface area contributed by atoms with Gasteiger partial charge in [0.15, 0.2) is 0 Å². The Labute approximate surface area is 125 Å². The molecule has 2 N–H and O–H groups in total. The summed E-state index contributed by atoms with van der Waals surface area (Å²) in [5.74, 6) is -0.0381. The number of amides is 1. The Morgan fingerprint density at radius 3 is 2.86 bits per heavy atom. The summed E-state index contributed by atoms with van der Waals surface area (Å²) in [6, 6.07) is 8.04. The maximum Gasteiger partial charge on any atom is 0.239 e. The lowest BCUT2D eigenvalue weighted by atomic mass is 10.2. The summed E-state index contributed by atoms with van der Waals surface area (Å²) in [7, 11) is 1.61. The molecule has 6 nitrogen and oxygen atoms in total. The lowest BCUT2D eigenvalue weighted by molar-refractivity contribution is -0.119. The number of anilines is 2. The lowest BCUT2D eigenvalue weighted by Crippen LogP contribution is -2.37. The molecule has 0 aromatic heterocycles. The minimum atomic E-state index is -0.0381. The van der Waals surface area contributed by atoms with Crippen LogP contribution in [0.3, 0.4) is 0 Å². The number of benzene rings is 1. The Bertz CT molecular complexity index is 448. The number of nitrogens with zero attached hydrogens (tertiary/aromatic N) is 1. The smallest absolute Gasteiger partial charge is 0.239 e. The van der Waals surface area contributed by atoms with Crippen LogP contribution in [-0.2, 0) is 14.3 Å². The van der Waals surface area contributed by atoms with Crippen LogP contribution in [0.5, 0.6) is 0 Å². The second-order valence-electron chi connectivity index (χ2n) is 4.81. The summed E-state index contributed by atoms with van der Waals surface area (Å²) in [4.78, 5) is 14.0. The zero-order chi connectivity index (χ0) is 14.9. The normalized spacial score (nSPS) is 14.8. The van der Waals surface area contributed by atoms with Crippen LogP contribution in [0.25, 0.3) is 0 Å². The molecule has 1 aromatic rings. The Hall–Kier alpha value is -1.79. The van der Waals surface area contributed by atoms with Crippen LogP contribution in [-0.4, -0.2) is 59.0 Å². The highest BCUT2D eigenvalue weighted by molar-refractivity contribution is 5.82. The molecule has 0 aliphatic carbocycles. The van der Waals surface area contributed by atoms with Gasteiger partial charge in [-0.05, 0) is 12.1 Å². The van der Waals surface area contributed by atoms with E-state index in [1.165, 1.54) is 0 Å². The molecule has 1 saturated heterocycles. The third kappa shape index (κ3) is 4.91. The number of methoxy groups -OCH3 is 1. The second-order valence-corrected chi connectivity index (χ2v) is 4.81. The monoisotopic (exact) mass is 293 g/mol. The van der Waals surface area contributed by atoms with Crippen molar-refractivity contribution in [1.82, 2.24) is 5.32 Å². The summed E-state index contributed by atoms with van der Waals surface area (Å²) in [5, 5.41) is 5.99. The number of rotatable bonds is 7. The molecule has 0 spiro atoms. The Morgan fingerprint density at radius 2 is 2.10 bits per heavy atom. The molecule has 1 aliphatic heterocycles. The first-order valence-electron chi connectivity index (χ1n) is 7.22. The highest BCUT2D eigenvalue weighted by atomic mass is 16.5. The van der Waals surface area contributed by atoms with Crippen LogP contribution in [0, 0.1) is 0 Å². The van der Waals surface area contributed by atoms with Crippen molar-refractivity contribution in [3.8, 4) is 0 Å². The average Bonchev–Trinajstić information content (AvgIpc) is 2.54. The highest BCUT2D eigenvalue weighted by Crippen LogP contribution is 2.25. The van der Waals surface area contributed by atoms with Gasteiger partial charge in [-0.2, -0.15) is 0 Å². The molecule has 0 atom stereocenters. The van der Waals surface area contributed by atoms with Gasteiger partial charge in [0.2, 0.25) is 5.91 Å². The van der Waals surface area contributed by atoms with E-state index in [9.17, 15) is 4.79 Å². The number of ether oxygens (including phenoxy) is 2. The third-order valence-electron chi connectivity index (χ3n) is 3.32. The number of para-hydroxylation sites is 2. The molecule has 116 valence electrons. The molecule has 21 heavy (non-hydrogen) atoms. The maximum absolute atomic E-state index is 11.7. The molecule has 0 unspecified atom stereocenters. The molecule has 0 saturated carbocycles. The van der Waals surface area contributed by atoms with Crippen LogP contribution < -0.4 is 15.5 Å². The molecule has 1 amide bonds. The molecule has 1 heterocycles. The van der Waals surface area contributed by atoms with Crippen LogP contribution in [0.1, 0.15) is 0 Å². The van der Waals surface area contributed by atoms with Crippen molar-refractivity contribution >= 4 is 17.3 Å². The minimum absolute atomic E-state index is 0.0381. The summed E-state index contributed by atoms with van der Waals surface area (Å²) in [6.07, 6.45) is 0.